The Kier molecular flexibility index (Phi) is 5.23. The van der Waals surface area contributed by atoms with Crippen molar-refractivity contribution in [3.8, 4) is 5.75 Å². The molecule has 1 unspecified atom stereocenters. The highest BCUT2D eigenvalue weighted by molar-refractivity contribution is 6.75. The fourth-order valence-corrected chi connectivity index (χ4v) is 6.84. The van der Waals surface area contributed by atoms with E-state index in [-0.39, 0.29) is 0 Å². The van der Waals surface area contributed by atoms with E-state index in [0.29, 0.717) is 6.61 Å². The lowest BCUT2D eigenvalue weighted by Crippen LogP contribution is -2.55. The summed E-state index contributed by atoms with van der Waals surface area (Å²) in [6.45, 7) is 4.85. The van der Waals surface area contributed by atoms with E-state index in [1.165, 1.54) is 0 Å². The molecule has 7 heteroatoms. The van der Waals surface area contributed by atoms with E-state index in [4.69, 9.17) is 22.1 Å². The molecule has 0 amide bonds. The minimum absolute atomic E-state index is 0.577. The largest absolute Gasteiger partial charge is 0.536 e. The third-order valence-corrected chi connectivity index (χ3v) is 9.23. The van der Waals surface area contributed by atoms with Crippen LogP contribution in [0.5, 0.6) is 5.75 Å². The summed E-state index contributed by atoms with van der Waals surface area (Å²) in [5.41, 5.74) is 1.02. The minimum atomic E-state index is -2.80. The topological polar surface area (TPSA) is 46.2 Å². The average Bonchev–Trinajstić information content (AvgIpc) is 2.50. The summed E-state index contributed by atoms with van der Waals surface area (Å²) in [5, 5.41) is 0.918. The van der Waals surface area contributed by atoms with Crippen molar-refractivity contribution < 1.29 is 22.1 Å². The van der Waals surface area contributed by atoms with Gasteiger partial charge in [-0.3, -0.25) is 0 Å². The molecule has 0 aromatic heterocycles. The third kappa shape index (κ3) is 3.23. The van der Waals surface area contributed by atoms with E-state index < -0.39 is 17.4 Å². The second-order valence-electron chi connectivity index (χ2n) is 5.27. The van der Waals surface area contributed by atoms with E-state index in [1.54, 1.807) is 21.3 Å². The van der Waals surface area contributed by atoms with Crippen molar-refractivity contribution in [1.29, 1.82) is 0 Å². The van der Waals surface area contributed by atoms with Crippen LogP contribution in [0.2, 0.25) is 12.6 Å². The van der Waals surface area contributed by atoms with Gasteiger partial charge >= 0.3 is 17.4 Å². The summed E-state index contributed by atoms with van der Waals surface area (Å²) in [6.07, 6.45) is 1.07. The van der Waals surface area contributed by atoms with Gasteiger partial charge in [0.2, 0.25) is 0 Å². The lowest BCUT2D eigenvalue weighted by Gasteiger charge is -2.34. The molecule has 0 fully saturated rings. The predicted molar refractivity (Wildman–Crippen MR) is 85.0 cm³/mol. The minimum Gasteiger partial charge on any atom is -0.520 e. The number of fused-ring (bicyclic) bond motifs is 1. The van der Waals surface area contributed by atoms with Crippen molar-refractivity contribution in [2.75, 3.05) is 21.3 Å². The fraction of sp³-hybridized carbons (Fsp3) is 0.571. The fourth-order valence-electron chi connectivity index (χ4n) is 2.66. The Morgan fingerprint density at radius 1 is 1.19 bits per heavy atom. The van der Waals surface area contributed by atoms with Gasteiger partial charge in [0.05, 0.1) is 6.61 Å². The maximum absolute atomic E-state index is 6.14. The molecule has 1 aliphatic rings. The Hall–Kier alpha value is -0.706. The van der Waals surface area contributed by atoms with E-state index in [9.17, 15) is 0 Å². The summed E-state index contributed by atoms with van der Waals surface area (Å²) in [4.78, 5) is 0. The highest BCUT2D eigenvalue weighted by atomic mass is 28.4. The highest BCUT2D eigenvalue weighted by Crippen LogP contribution is 2.31. The van der Waals surface area contributed by atoms with Gasteiger partial charge in [0, 0.05) is 38.1 Å². The first-order chi connectivity index (χ1) is 10.0. The molecule has 5 nitrogen and oxygen atoms in total. The SMILES string of the molecule is CCC[Si]1(C)OCc2cc([Si](OC)(OC)OC)ccc2O1. The molecule has 1 atom stereocenters. The first kappa shape index (κ1) is 16.7. The van der Waals surface area contributed by atoms with Gasteiger partial charge in [-0.2, -0.15) is 0 Å². The van der Waals surface area contributed by atoms with Crippen LogP contribution in [0, 0.1) is 0 Å². The summed E-state index contributed by atoms with van der Waals surface area (Å²) in [5.74, 6) is 0.916. The van der Waals surface area contributed by atoms with E-state index >= 15 is 0 Å². The smallest absolute Gasteiger partial charge is 0.520 e. The maximum Gasteiger partial charge on any atom is 0.536 e. The van der Waals surface area contributed by atoms with Crippen LogP contribution < -0.4 is 9.61 Å². The maximum atomic E-state index is 6.14. The van der Waals surface area contributed by atoms with Gasteiger partial charge in [0.1, 0.15) is 5.75 Å². The van der Waals surface area contributed by atoms with Crippen molar-refractivity contribution in [3.63, 3.8) is 0 Å². The molecule has 0 bridgehead atoms. The summed E-state index contributed by atoms with van der Waals surface area (Å²) < 4.78 is 28.7. The first-order valence-corrected chi connectivity index (χ1v) is 11.4. The molecule has 0 aliphatic carbocycles. The molecule has 1 aromatic carbocycles. The van der Waals surface area contributed by atoms with Crippen LogP contribution in [-0.4, -0.2) is 38.7 Å². The molecule has 1 aromatic rings. The van der Waals surface area contributed by atoms with Crippen LogP contribution in [-0.2, 0) is 24.3 Å². The molecule has 2 rings (SSSR count). The quantitative estimate of drug-likeness (QED) is 0.749. The summed E-state index contributed by atoms with van der Waals surface area (Å²) in [7, 11) is -0.0377. The number of hydrogen-bond donors (Lipinski definition) is 0. The van der Waals surface area contributed by atoms with Crippen LogP contribution in [0.1, 0.15) is 18.9 Å². The standard InChI is InChI=1S/C14H24O5Si2/c1-6-9-20(5)18-11-12-10-13(7-8-14(12)19-20)21(15-2,16-3)17-4/h7-8,10H,6,9,11H2,1-5H3. The number of rotatable bonds is 6. The zero-order valence-corrected chi connectivity index (χ0v) is 15.4. The molecule has 1 aliphatic heterocycles. The molecular weight excluding hydrogens is 304 g/mol. The molecule has 21 heavy (non-hydrogen) atoms. The Morgan fingerprint density at radius 2 is 1.86 bits per heavy atom. The van der Waals surface area contributed by atoms with Crippen LogP contribution in [0.25, 0.3) is 0 Å². The van der Waals surface area contributed by atoms with Crippen molar-refractivity contribution in [2.45, 2.75) is 32.5 Å². The van der Waals surface area contributed by atoms with Gasteiger partial charge in [0.15, 0.2) is 0 Å². The van der Waals surface area contributed by atoms with Crippen molar-refractivity contribution in [3.05, 3.63) is 23.8 Å². The van der Waals surface area contributed by atoms with Gasteiger partial charge in [-0.05, 0) is 18.7 Å². The average molecular weight is 329 g/mol. The van der Waals surface area contributed by atoms with Crippen LogP contribution in [0.3, 0.4) is 0 Å². The van der Waals surface area contributed by atoms with Crippen molar-refractivity contribution in [2.24, 2.45) is 0 Å². The Balaban J connectivity index is 2.30. The lowest BCUT2D eigenvalue weighted by atomic mass is 10.2. The lowest BCUT2D eigenvalue weighted by molar-refractivity contribution is 0.140. The Morgan fingerprint density at radius 3 is 2.43 bits per heavy atom. The second kappa shape index (κ2) is 6.59. The zero-order chi connectivity index (χ0) is 15.5. The van der Waals surface area contributed by atoms with Crippen LogP contribution in [0.4, 0.5) is 0 Å². The van der Waals surface area contributed by atoms with E-state index in [0.717, 1.165) is 29.0 Å². The summed E-state index contributed by atoms with van der Waals surface area (Å²) in [6, 6.07) is 6.96. The number of benzene rings is 1. The van der Waals surface area contributed by atoms with Crippen LogP contribution >= 0.6 is 0 Å². The van der Waals surface area contributed by atoms with Gasteiger partial charge in [0.25, 0.3) is 0 Å². The molecule has 0 saturated carbocycles. The van der Waals surface area contributed by atoms with Gasteiger partial charge in [-0.1, -0.05) is 19.4 Å². The molecule has 118 valence electrons. The zero-order valence-electron chi connectivity index (χ0n) is 13.4. The molecule has 0 spiro atoms. The summed E-state index contributed by atoms with van der Waals surface area (Å²) >= 11 is 0. The van der Waals surface area contributed by atoms with Crippen molar-refractivity contribution in [1.82, 2.24) is 0 Å². The third-order valence-electron chi connectivity index (χ3n) is 3.78. The van der Waals surface area contributed by atoms with Crippen LogP contribution in [0.15, 0.2) is 18.2 Å². The van der Waals surface area contributed by atoms with Gasteiger partial charge in [-0.25, -0.2) is 0 Å². The Bertz CT molecular complexity index is 484. The highest BCUT2D eigenvalue weighted by Gasteiger charge is 2.42. The number of hydrogen-bond acceptors (Lipinski definition) is 5. The Labute approximate surface area is 128 Å². The second-order valence-corrected chi connectivity index (χ2v) is 11.4. The van der Waals surface area contributed by atoms with Crippen molar-refractivity contribution >= 4 is 22.6 Å². The van der Waals surface area contributed by atoms with Gasteiger partial charge < -0.3 is 22.1 Å². The van der Waals surface area contributed by atoms with Gasteiger partial charge in [-0.15, -0.1) is 0 Å². The first-order valence-electron chi connectivity index (χ1n) is 7.14. The molecule has 0 radical (unpaired) electrons. The monoisotopic (exact) mass is 328 g/mol. The predicted octanol–water partition coefficient (Wildman–Crippen LogP) is 2.16. The van der Waals surface area contributed by atoms with E-state index in [2.05, 4.69) is 13.5 Å². The molecular formula is C14H24O5Si2. The normalized spacial score (nSPS) is 21.8. The molecule has 0 N–H and O–H groups in total. The van der Waals surface area contributed by atoms with E-state index in [1.807, 2.05) is 18.2 Å². The molecule has 1 heterocycles. The molecule has 0 saturated heterocycles.